The van der Waals surface area contributed by atoms with Crippen LogP contribution >= 0.6 is 24.0 Å². The number of aromatic nitrogens is 2. The maximum atomic E-state index is 5.85. The summed E-state index contributed by atoms with van der Waals surface area (Å²) in [6.07, 6.45) is 0.907. The molecule has 2 aromatic rings. The summed E-state index contributed by atoms with van der Waals surface area (Å²) < 4.78 is 11.0. The molecule has 1 heterocycles. The van der Waals surface area contributed by atoms with E-state index < -0.39 is 0 Å². The third-order valence-corrected chi connectivity index (χ3v) is 3.61. The summed E-state index contributed by atoms with van der Waals surface area (Å²) in [6, 6.07) is 9.78. The maximum absolute atomic E-state index is 5.85. The number of ether oxygens (including phenoxy) is 1. The standard InChI is InChI=1S/C12H14N2O2S2/c1-2-11(15-9-6-4-3-5-7-9)18-8-10-13-14-12(17)16-10/h3-7,11H,2,8H2,1H3,(H,14,17). The van der Waals surface area contributed by atoms with E-state index in [1.54, 1.807) is 11.8 Å². The molecule has 0 aliphatic carbocycles. The van der Waals surface area contributed by atoms with Crippen molar-refractivity contribution in [3.05, 3.63) is 41.1 Å². The van der Waals surface area contributed by atoms with Crippen molar-refractivity contribution in [2.75, 3.05) is 0 Å². The maximum Gasteiger partial charge on any atom is 0.284 e. The van der Waals surface area contributed by atoms with Crippen molar-refractivity contribution in [2.24, 2.45) is 0 Å². The van der Waals surface area contributed by atoms with Gasteiger partial charge < -0.3 is 9.15 Å². The molecule has 0 spiro atoms. The van der Waals surface area contributed by atoms with Gasteiger partial charge >= 0.3 is 0 Å². The predicted octanol–water partition coefficient (Wildman–Crippen LogP) is 3.78. The number of para-hydroxylation sites is 1. The number of aromatic amines is 1. The Labute approximate surface area is 115 Å². The highest BCUT2D eigenvalue weighted by atomic mass is 32.2. The summed E-state index contributed by atoms with van der Waals surface area (Å²) in [4.78, 5) is 0.308. The van der Waals surface area contributed by atoms with E-state index in [0.717, 1.165) is 12.2 Å². The minimum absolute atomic E-state index is 0.0767. The van der Waals surface area contributed by atoms with Gasteiger partial charge in [-0.1, -0.05) is 25.1 Å². The summed E-state index contributed by atoms with van der Waals surface area (Å²) >= 11 is 6.46. The zero-order valence-electron chi connectivity index (χ0n) is 9.96. The van der Waals surface area contributed by atoms with Gasteiger partial charge in [0.2, 0.25) is 5.89 Å². The second-order valence-corrected chi connectivity index (χ2v) is 5.11. The Morgan fingerprint density at radius 3 is 2.83 bits per heavy atom. The van der Waals surface area contributed by atoms with Gasteiger partial charge in [-0.05, 0) is 30.8 Å². The summed E-state index contributed by atoms with van der Waals surface area (Å²) in [7, 11) is 0. The molecule has 0 radical (unpaired) electrons. The minimum Gasteiger partial charge on any atom is -0.480 e. The van der Waals surface area contributed by atoms with E-state index in [2.05, 4.69) is 17.1 Å². The molecule has 2 rings (SSSR count). The van der Waals surface area contributed by atoms with Crippen molar-refractivity contribution in [2.45, 2.75) is 24.5 Å². The van der Waals surface area contributed by atoms with Crippen LogP contribution in [0.25, 0.3) is 0 Å². The predicted molar refractivity (Wildman–Crippen MR) is 74.1 cm³/mol. The fourth-order valence-corrected chi connectivity index (χ4v) is 2.38. The smallest absolute Gasteiger partial charge is 0.284 e. The van der Waals surface area contributed by atoms with Crippen molar-refractivity contribution in [3.8, 4) is 5.75 Å². The normalized spacial score (nSPS) is 12.3. The SMILES string of the molecule is CCC(Oc1ccccc1)SCc1n[nH]c(=S)o1. The van der Waals surface area contributed by atoms with Crippen LogP contribution in [0.15, 0.2) is 34.7 Å². The fraction of sp³-hybridized carbons (Fsp3) is 0.333. The Balaban J connectivity index is 1.88. The average Bonchev–Trinajstić information content (AvgIpc) is 2.81. The lowest BCUT2D eigenvalue weighted by Crippen LogP contribution is -2.11. The molecule has 4 nitrogen and oxygen atoms in total. The first-order chi connectivity index (χ1) is 8.78. The molecule has 1 unspecified atom stereocenters. The van der Waals surface area contributed by atoms with Gasteiger partial charge in [-0.25, -0.2) is 5.10 Å². The zero-order chi connectivity index (χ0) is 12.8. The van der Waals surface area contributed by atoms with Gasteiger partial charge in [0, 0.05) is 0 Å². The molecule has 0 amide bonds. The van der Waals surface area contributed by atoms with Crippen LogP contribution in [-0.4, -0.2) is 15.6 Å². The number of rotatable bonds is 6. The largest absolute Gasteiger partial charge is 0.480 e. The second-order valence-electron chi connectivity index (χ2n) is 3.59. The van der Waals surface area contributed by atoms with Gasteiger partial charge in [0.15, 0.2) is 0 Å². The van der Waals surface area contributed by atoms with Crippen LogP contribution in [-0.2, 0) is 5.75 Å². The third kappa shape index (κ3) is 3.89. The molecule has 1 atom stereocenters. The van der Waals surface area contributed by atoms with Crippen LogP contribution in [0.2, 0.25) is 0 Å². The van der Waals surface area contributed by atoms with Crippen LogP contribution in [0.1, 0.15) is 19.2 Å². The van der Waals surface area contributed by atoms with E-state index >= 15 is 0 Å². The molecule has 0 fully saturated rings. The lowest BCUT2D eigenvalue weighted by molar-refractivity contribution is 0.283. The van der Waals surface area contributed by atoms with Crippen LogP contribution in [0.3, 0.4) is 0 Å². The number of thioether (sulfide) groups is 1. The Kier molecular flexibility index (Phi) is 4.83. The molecule has 6 heteroatoms. The topological polar surface area (TPSA) is 51.0 Å². The minimum atomic E-state index is 0.0767. The van der Waals surface area contributed by atoms with Crippen molar-refractivity contribution in [1.29, 1.82) is 0 Å². The fourth-order valence-electron chi connectivity index (χ4n) is 1.37. The van der Waals surface area contributed by atoms with Crippen LogP contribution in [0.4, 0.5) is 0 Å². The van der Waals surface area contributed by atoms with E-state index in [0.29, 0.717) is 16.5 Å². The van der Waals surface area contributed by atoms with Crippen LogP contribution < -0.4 is 4.74 Å². The van der Waals surface area contributed by atoms with Crippen molar-refractivity contribution < 1.29 is 9.15 Å². The highest BCUT2D eigenvalue weighted by Gasteiger charge is 2.10. The van der Waals surface area contributed by atoms with Gasteiger partial charge in [-0.15, -0.1) is 16.9 Å². The average molecular weight is 282 g/mol. The van der Waals surface area contributed by atoms with E-state index in [4.69, 9.17) is 21.4 Å². The molecule has 1 aromatic carbocycles. The Morgan fingerprint density at radius 2 is 2.22 bits per heavy atom. The first kappa shape index (κ1) is 13.2. The molecule has 0 saturated heterocycles. The van der Waals surface area contributed by atoms with Gasteiger partial charge in [0.25, 0.3) is 4.84 Å². The van der Waals surface area contributed by atoms with Gasteiger partial charge in [0.1, 0.15) is 11.2 Å². The molecule has 1 N–H and O–H groups in total. The number of nitrogens with one attached hydrogen (secondary N) is 1. The molecule has 0 saturated carbocycles. The molecular weight excluding hydrogens is 268 g/mol. The summed E-state index contributed by atoms with van der Waals surface area (Å²) in [5.41, 5.74) is 0.0767. The lowest BCUT2D eigenvalue weighted by Gasteiger charge is -2.16. The Hall–Kier alpha value is -1.27. The molecule has 96 valence electrons. The first-order valence-electron chi connectivity index (χ1n) is 5.65. The van der Waals surface area contributed by atoms with E-state index in [1.807, 2.05) is 30.3 Å². The monoisotopic (exact) mass is 282 g/mol. The molecule has 0 aliphatic rings. The van der Waals surface area contributed by atoms with Gasteiger partial charge in [-0.2, -0.15) is 0 Å². The number of H-pyrrole nitrogens is 1. The lowest BCUT2D eigenvalue weighted by atomic mass is 10.3. The number of benzene rings is 1. The van der Waals surface area contributed by atoms with Crippen molar-refractivity contribution in [3.63, 3.8) is 0 Å². The summed E-state index contributed by atoms with van der Waals surface area (Å²) in [5.74, 6) is 2.11. The van der Waals surface area contributed by atoms with Crippen molar-refractivity contribution >= 4 is 24.0 Å². The zero-order valence-corrected chi connectivity index (χ0v) is 11.6. The van der Waals surface area contributed by atoms with Crippen LogP contribution in [0, 0.1) is 4.84 Å². The molecule has 0 bridgehead atoms. The number of hydrogen-bond donors (Lipinski definition) is 1. The quantitative estimate of drug-likeness (QED) is 0.645. The summed E-state index contributed by atoms with van der Waals surface area (Å²) in [6.45, 7) is 2.08. The Bertz CT molecular complexity index is 524. The van der Waals surface area contributed by atoms with E-state index in [9.17, 15) is 0 Å². The number of hydrogen-bond acceptors (Lipinski definition) is 5. The van der Waals surface area contributed by atoms with E-state index in [1.165, 1.54) is 0 Å². The Morgan fingerprint density at radius 1 is 1.44 bits per heavy atom. The van der Waals surface area contributed by atoms with Gasteiger partial charge in [0.05, 0.1) is 5.75 Å². The molecule has 1 aromatic heterocycles. The first-order valence-corrected chi connectivity index (χ1v) is 7.11. The highest BCUT2D eigenvalue weighted by Crippen LogP contribution is 2.23. The van der Waals surface area contributed by atoms with Crippen molar-refractivity contribution in [1.82, 2.24) is 10.2 Å². The van der Waals surface area contributed by atoms with Gasteiger partial charge in [-0.3, -0.25) is 0 Å². The summed E-state index contributed by atoms with van der Waals surface area (Å²) in [5, 5.41) is 6.56. The molecular formula is C12H14N2O2S2. The van der Waals surface area contributed by atoms with Crippen LogP contribution in [0.5, 0.6) is 5.75 Å². The number of nitrogens with zero attached hydrogens (tertiary/aromatic N) is 1. The molecule has 0 aliphatic heterocycles. The highest BCUT2D eigenvalue weighted by molar-refractivity contribution is 7.99. The third-order valence-electron chi connectivity index (χ3n) is 2.22. The molecule has 18 heavy (non-hydrogen) atoms. The van der Waals surface area contributed by atoms with E-state index in [-0.39, 0.29) is 5.44 Å². The second kappa shape index (κ2) is 6.61.